The van der Waals surface area contributed by atoms with E-state index in [1.165, 1.54) is 65.9 Å². The Balaban J connectivity index is 1.15. The number of unbranched alkanes of at least 4 members (excludes halogenated alkanes) is 2. The molecular formula is C33H37NO. The SMILES string of the molecule is CC1=CC=C(N(c2ccc(C)cc2)c2ccc(OCCCCCc3ccc4c(c3)CC4)cc2)CC1. The summed E-state index contributed by atoms with van der Waals surface area (Å²) in [6.45, 7) is 5.12. The lowest BCUT2D eigenvalue weighted by molar-refractivity contribution is 0.305. The van der Waals surface area contributed by atoms with Crippen molar-refractivity contribution in [3.63, 3.8) is 0 Å². The molecule has 0 aliphatic heterocycles. The maximum absolute atomic E-state index is 6.08. The topological polar surface area (TPSA) is 12.5 Å². The van der Waals surface area contributed by atoms with Crippen molar-refractivity contribution in [3.05, 3.63) is 112 Å². The maximum atomic E-state index is 6.08. The lowest BCUT2D eigenvalue weighted by Gasteiger charge is -2.29. The zero-order valence-corrected chi connectivity index (χ0v) is 21.2. The van der Waals surface area contributed by atoms with Crippen LogP contribution in [0.1, 0.15) is 61.3 Å². The molecule has 3 aromatic rings. The Morgan fingerprint density at radius 3 is 2.09 bits per heavy atom. The molecule has 0 spiro atoms. The molecule has 35 heavy (non-hydrogen) atoms. The van der Waals surface area contributed by atoms with Gasteiger partial charge in [0.25, 0.3) is 0 Å². The molecule has 0 aromatic heterocycles. The van der Waals surface area contributed by atoms with Crippen LogP contribution in [-0.2, 0) is 19.3 Å². The summed E-state index contributed by atoms with van der Waals surface area (Å²) >= 11 is 0. The first-order valence-corrected chi connectivity index (χ1v) is 13.2. The molecule has 0 saturated heterocycles. The van der Waals surface area contributed by atoms with Gasteiger partial charge >= 0.3 is 0 Å². The summed E-state index contributed by atoms with van der Waals surface area (Å²) in [7, 11) is 0. The van der Waals surface area contributed by atoms with Crippen LogP contribution >= 0.6 is 0 Å². The van der Waals surface area contributed by atoms with Crippen LogP contribution in [0, 0.1) is 6.92 Å². The van der Waals surface area contributed by atoms with E-state index >= 15 is 0 Å². The Hall–Kier alpha value is -3.26. The smallest absolute Gasteiger partial charge is 0.119 e. The molecule has 0 bridgehead atoms. The number of allylic oxidation sites excluding steroid dienone is 4. The summed E-state index contributed by atoms with van der Waals surface area (Å²) in [4.78, 5) is 2.38. The quantitative estimate of drug-likeness (QED) is 0.279. The molecule has 2 aliphatic carbocycles. The molecule has 3 aromatic carbocycles. The van der Waals surface area contributed by atoms with Crippen molar-refractivity contribution in [3.8, 4) is 5.75 Å². The van der Waals surface area contributed by atoms with Gasteiger partial charge in [-0.25, -0.2) is 0 Å². The highest BCUT2D eigenvalue weighted by molar-refractivity contribution is 5.69. The molecule has 2 nitrogen and oxygen atoms in total. The second-order valence-electron chi connectivity index (χ2n) is 10.1. The first-order chi connectivity index (χ1) is 17.2. The Labute approximate surface area is 211 Å². The maximum Gasteiger partial charge on any atom is 0.119 e. The lowest BCUT2D eigenvalue weighted by Crippen LogP contribution is -2.17. The van der Waals surface area contributed by atoms with E-state index in [4.69, 9.17) is 4.74 Å². The van der Waals surface area contributed by atoms with Crippen LogP contribution in [0.2, 0.25) is 0 Å². The van der Waals surface area contributed by atoms with Crippen molar-refractivity contribution >= 4 is 11.4 Å². The van der Waals surface area contributed by atoms with Gasteiger partial charge in [0.2, 0.25) is 0 Å². The number of rotatable bonds is 10. The Morgan fingerprint density at radius 1 is 0.686 bits per heavy atom. The number of hydrogen-bond acceptors (Lipinski definition) is 2. The third-order valence-electron chi connectivity index (χ3n) is 7.32. The van der Waals surface area contributed by atoms with Gasteiger partial charge in [-0.2, -0.15) is 0 Å². The largest absolute Gasteiger partial charge is 0.494 e. The fourth-order valence-corrected chi connectivity index (χ4v) is 4.98. The molecule has 0 radical (unpaired) electrons. The van der Waals surface area contributed by atoms with Crippen molar-refractivity contribution in [2.45, 2.75) is 65.2 Å². The average molecular weight is 464 g/mol. The van der Waals surface area contributed by atoms with Crippen LogP contribution in [0.4, 0.5) is 11.4 Å². The Kier molecular flexibility index (Phi) is 7.37. The second-order valence-corrected chi connectivity index (χ2v) is 10.1. The van der Waals surface area contributed by atoms with E-state index in [-0.39, 0.29) is 0 Å². The standard InChI is InChI=1S/C33H37NO/c1-25-7-15-30(16-8-25)34(31-17-9-26(2)10-18-31)32-19-21-33(22-20-32)35-23-5-3-4-6-27-11-12-28-13-14-29(28)24-27/h7-9,11-12,15-17,19-22,24H,3-6,10,13-14,18,23H2,1-2H3. The highest BCUT2D eigenvalue weighted by Gasteiger charge is 2.17. The molecule has 0 fully saturated rings. The molecule has 5 rings (SSSR count). The normalized spacial score (nSPS) is 14.5. The minimum atomic E-state index is 0.778. The number of aryl methyl sites for hydroxylation is 4. The first-order valence-electron chi connectivity index (χ1n) is 13.2. The number of fused-ring (bicyclic) bond motifs is 1. The molecule has 0 N–H and O–H groups in total. The van der Waals surface area contributed by atoms with Gasteiger partial charge < -0.3 is 9.64 Å². The zero-order chi connectivity index (χ0) is 24.0. The third-order valence-corrected chi connectivity index (χ3v) is 7.32. The molecule has 0 atom stereocenters. The third kappa shape index (κ3) is 5.88. The molecule has 0 heterocycles. The van der Waals surface area contributed by atoms with Gasteiger partial charge in [0.15, 0.2) is 0 Å². The molecular weight excluding hydrogens is 426 g/mol. The van der Waals surface area contributed by atoms with E-state index in [1.807, 2.05) is 0 Å². The second kappa shape index (κ2) is 11.0. The number of ether oxygens (including phenoxy) is 1. The fourth-order valence-electron chi connectivity index (χ4n) is 4.98. The molecule has 2 heteroatoms. The van der Waals surface area contributed by atoms with Crippen molar-refractivity contribution in [1.82, 2.24) is 0 Å². The monoisotopic (exact) mass is 463 g/mol. The summed E-state index contributed by atoms with van der Waals surface area (Å²) in [5, 5.41) is 0. The summed E-state index contributed by atoms with van der Waals surface area (Å²) in [6, 6.07) is 24.5. The van der Waals surface area contributed by atoms with Gasteiger partial charge in [0.1, 0.15) is 5.75 Å². The van der Waals surface area contributed by atoms with Crippen molar-refractivity contribution in [1.29, 1.82) is 0 Å². The van der Waals surface area contributed by atoms with E-state index in [2.05, 4.69) is 97.6 Å². The Morgan fingerprint density at radius 2 is 1.43 bits per heavy atom. The summed E-state index contributed by atoms with van der Waals surface area (Å²) < 4.78 is 6.08. The Bertz CT molecular complexity index is 1200. The molecule has 2 aliphatic rings. The number of nitrogens with zero attached hydrogens (tertiary/aromatic N) is 1. The van der Waals surface area contributed by atoms with Gasteiger partial charge in [-0.15, -0.1) is 0 Å². The minimum absolute atomic E-state index is 0.778. The van der Waals surface area contributed by atoms with E-state index in [0.717, 1.165) is 31.6 Å². The van der Waals surface area contributed by atoms with Gasteiger partial charge in [-0.3, -0.25) is 0 Å². The zero-order valence-electron chi connectivity index (χ0n) is 21.2. The van der Waals surface area contributed by atoms with Gasteiger partial charge in [-0.05, 0) is 124 Å². The lowest BCUT2D eigenvalue weighted by atomic mass is 9.86. The van der Waals surface area contributed by atoms with Gasteiger partial charge in [-0.1, -0.05) is 47.5 Å². The van der Waals surface area contributed by atoms with Gasteiger partial charge in [0, 0.05) is 17.1 Å². The van der Waals surface area contributed by atoms with Crippen LogP contribution in [-0.4, -0.2) is 6.61 Å². The van der Waals surface area contributed by atoms with Crippen molar-refractivity contribution in [2.24, 2.45) is 0 Å². The van der Waals surface area contributed by atoms with Crippen LogP contribution in [0.3, 0.4) is 0 Å². The minimum Gasteiger partial charge on any atom is -0.494 e. The predicted octanol–water partition coefficient (Wildman–Crippen LogP) is 8.65. The molecule has 180 valence electrons. The van der Waals surface area contributed by atoms with Crippen molar-refractivity contribution < 1.29 is 4.74 Å². The highest BCUT2D eigenvalue weighted by atomic mass is 16.5. The summed E-state index contributed by atoms with van der Waals surface area (Å²) in [5.41, 5.74) is 11.1. The van der Waals surface area contributed by atoms with Crippen molar-refractivity contribution in [2.75, 3.05) is 11.5 Å². The first kappa shape index (κ1) is 23.5. The van der Waals surface area contributed by atoms with Crippen LogP contribution in [0.25, 0.3) is 0 Å². The number of anilines is 2. The number of benzene rings is 3. The predicted molar refractivity (Wildman–Crippen MR) is 148 cm³/mol. The summed E-state index contributed by atoms with van der Waals surface area (Å²) in [6.07, 6.45) is 13.9. The fraction of sp³-hybridized carbons (Fsp3) is 0.333. The summed E-state index contributed by atoms with van der Waals surface area (Å²) in [5.74, 6) is 0.952. The van der Waals surface area contributed by atoms with E-state index in [9.17, 15) is 0 Å². The van der Waals surface area contributed by atoms with Gasteiger partial charge in [0.05, 0.1) is 6.61 Å². The van der Waals surface area contributed by atoms with E-state index < -0.39 is 0 Å². The van der Waals surface area contributed by atoms with E-state index in [1.54, 1.807) is 11.1 Å². The van der Waals surface area contributed by atoms with Crippen LogP contribution in [0.15, 0.2) is 90.2 Å². The number of hydrogen-bond donors (Lipinski definition) is 0. The molecule has 0 unspecified atom stereocenters. The molecule has 0 saturated carbocycles. The van der Waals surface area contributed by atoms with E-state index in [0.29, 0.717) is 0 Å². The molecule has 0 amide bonds. The highest BCUT2D eigenvalue weighted by Crippen LogP contribution is 2.35. The average Bonchev–Trinajstić information content (AvgIpc) is 2.86. The van der Waals surface area contributed by atoms with Crippen LogP contribution < -0.4 is 9.64 Å². The van der Waals surface area contributed by atoms with Crippen LogP contribution in [0.5, 0.6) is 5.75 Å².